The average molecular weight is 300 g/mol. The summed E-state index contributed by atoms with van der Waals surface area (Å²) >= 11 is 0. The molecule has 4 aliphatic rings. The van der Waals surface area contributed by atoms with Crippen molar-refractivity contribution in [1.29, 1.82) is 0 Å². The van der Waals surface area contributed by atoms with Crippen LogP contribution < -0.4 is 0 Å². The summed E-state index contributed by atoms with van der Waals surface area (Å²) in [5.41, 5.74) is 3.91. The lowest BCUT2D eigenvalue weighted by Crippen LogP contribution is -2.30. The summed E-state index contributed by atoms with van der Waals surface area (Å²) in [6, 6.07) is 0. The van der Waals surface area contributed by atoms with Gasteiger partial charge in [-0.2, -0.15) is 0 Å². The zero-order chi connectivity index (χ0) is 15.4. The highest BCUT2D eigenvalue weighted by Gasteiger charge is 2.54. The molecule has 0 spiro atoms. The quantitative estimate of drug-likeness (QED) is 0.592. The predicted octanol–water partition coefficient (Wildman–Crippen LogP) is 2.85. The smallest absolute Gasteiger partial charge is 0.336 e. The van der Waals surface area contributed by atoms with Crippen LogP contribution in [0.5, 0.6) is 0 Å². The molecular weight excluding hydrogens is 280 g/mol. The Morgan fingerprint density at radius 1 is 1.36 bits per heavy atom. The Kier molecular flexibility index (Phi) is 3.12. The van der Waals surface area contributed by atoms with Gasteiger partial charge < -0.3 is 9.47 Å². The van der Waals surface area contributed by atoms with Crippen LogP contribution >= 0.6 is 0 Å². The van der Waals surface area contributed by atoms with Crippen LogP contribution in [0.1, 0.15) is 39.0 Å². The molecule has 1 saturated carbocycles. The van der Waals surface area contributed by atoms with E-state index in [0.29, 0.717) is 18.8 Å². The summed E-state index contributed by atoms with van der Waals surface area (Å²) in [6.45, 7) is 5.63. The Bertz CT molecular complexity index is 639. The SMILES string of the molecule is C=CCC1=C(C)[C@@H](OC2OC(=O)C3=C4CCC(C4)C32)CC1=O. The number of Topliss-reactive ketones (excluding diaryl/α,β-unsaturated/α-hetero) is 1. The molecule has 1 aliphatic heterocycles. The van der Waals surface area contributed by atoms with Crippen LogP contribution in [0.15, 0.2) is 34.9 Å². The number of carbonyl (C=O) groups is 2. The lowest BCUT2D eigenvalue weighted by Gasteiger charge is -2.25. The summed E-state index contributed by atoms with van der Waals surface area (Å²) < 4.78 is 11.6. The molecular formula is C18H20O4. The summed E-state index contributed by atoms with van der Waals surface area (Å²) in [5, 5.41) is 0. The summed E-state index contributed by atoms with van der Waals surface area (Å²) in [7, 11) is 0. The molecule has 22 heavy (non-hydrogen) atoms. The van der Waals surface area contributed by atoms with Gasteiger partial charge in [-0.25, -0.2) is 4.79 Å². The van der Waals surface area contributed by atoms with Gasteiger partial charge in [-0.3, -0.25) is 4.79 Å². The molecule has 1 saturated heterocycles. The number of hydrogen-bond acceptors (Lipinski definition) is 4. The molecule has 4 nitrogen and oxygen atoms in total. The Morgan fingerprint density at radius 2 is 2.18 bits per heavy atom. The number of rotatable bonds is 4. The third kappa shape index (κ3) is 1.86. The first-order chi connectivity index (χ1) is 10.6. The minimum atomic E-state index is -0.513. The van der Waals surface area contributed by atoms with E-state index < -0.39 is 6.29 Å². The molecule has 2 bridgehead atoms. The van der Waals surface area contributed by atoms with Crippen LogP contribution in [0.4, 0.5) is 0 Å². The molecule has 3 unspecified atom stereocenters. The maximum atomic E-state index is 12.1. The van der Waals surface area contributed by atoms with Gasteiger partial charge in [-0.15, -0.1) is 6.58 Å². The van der Waals surface area contributed by atoms with Gasteiger partial charge in [0.2, 0.25) is 6.29 Å². The number of allylic oxidation sites excluding steroid dienone is 3. The van der Waals surface area contributed by atoms with Crippen molar-refractivity contribution in [2.24, 2.45) is 11.8 Å². The molecule has 0 radical (unpaired) electrons. The fourth-order valence-corrected chi connectivity index (χ4v) is 4.49. The van der Waals surface area contributed by atoms with E-state index in [4.69, 9.17) is 9.47 Å². The number of ether oxygens (including phenoxy) is 2. The second-order valence-corrected chi connectivity index (χ2v) is 6.73. The second-order valence-electron chi connectivity index (χ2n) is 6.73. The largest absolute Gasteiger partial charge is 0.432 e. The Balaban J connectivity index is 1.55. The van der Waals surface area contributed by atoms with Gasteiger partial charge in [0.1, 0.15) is 0 Å². The molecule has 4 atom stereocenters. The van der Waals surface area contributed by atoms with Crippen molar-refractivity contribution in [2.75, 3.05) is 0 Å². The maximum Gasteiger partial charge on any atom is 0.336 e. The van der Waals surface area contributed by atoms with Gasteiger partial charge in [-0.1, -0.05) is 11.6 Å². The van der Waals surface area contributed by atoms with E-state index >= 15 is 0 Å². The number of esters is 1. The fourth-order valence-electron chi connectivity index (χ4n) is 4.49. The topological polar surface area (TPSA) is 52.6 Å². The van der Waals surface area contributed by atoms with Crippen LogP contribution in [0.3, 0.4) is 0 Å². The van der Waals surface area contributed by atoms with Crippen LogP contribution in [0.25, 0.3) is 0 Å². The van der Waals surface area contributed by atoms with Crippen molar-refractivity contribution in [1.82, 2.24) is 0 Å². The first-order valence-corrected chi connectivity index (χ1v) is 8.02. The molecule has 0 aromatic rings. The summed E-state index contributed by atoms with van der Waals surface area (Å²) in [6.07, 6.45) is 5.08. The highest BCUT2D eigenvalue weighted by atomic mass is 16.7. The van der Waals surface area contributed by atoms with Crippen molar-refractivity contribution in [3.05, 3.63) is 34.9 Å². The first kappa shape index (κ1) is 13.9. The molecule has 4 rings (SSSR count). The normalized spacial score (nSPS) is 36.4. The van der Waals surface area contributed by atoms with Crippen LogP contribution in [0.2, 0.25) is 0 Å². The molecule has 0 aromatic heterocycles. The van der Waals surface area contributed by atoms with Gasteiger partial charge in [0.15, 0.2) is 5.78 Å². The molecule has 0 amide bonds. The number of carbonyl (C=O) groups excluding carboxylic acids is 2. The molecule has 4 heteroatoms. The maximum absolute atomic E-state index is 12.1. The summed E-state index contributed by atoms with van der Waals surface area (Å²) in [4.78, 5) is 24.2. The van der Waals surface area contributed by atoms with Gasteiger partial charge in [0.25, 0.3) is 0 Å². The van der Waals surface area contributed by atoms with E-state index in [2.05, 4.69) is 6.58 Å². The first-order valence-electron chi connectivity index (χ1n) is 8.02. The monoisotopic (exact) mass is 300 g/mol. The number of ketones is 1. The number of cyclic esters (lactones) is 1. The molecule has 0 N–H and O–H groups in total. The van der Waals surface area contributed by atoms with Crippen molar-refractivity contribution in [3.63, 3.8) is 0 Å². The van der Waals surface area contributed by atoms with E-state index in [-0.39, 0.29) is 23.8 Å². The van der Waals surface area contributed by atoms with Gasteiger partial charge in [-0.05, 0) is 44.1 Å². The van der Waals surface area contributed by atoms with Crippen LogP contribution in [-0.2, 0) is 19.1 Å². The predicted molar refractivity (Wildman–Crippen MR) is 79.7 cm³/mol. The lowest BCUT2D eigenvalue weighted by atomic mass is 9.87. The number of hydrogen-bond donors (Lipinski definition) is 0. The third-order valence-corrected chi connectivity index (χ3v) is 5.60. The standard InChI is InChI=1S/C18H20O4/c1-3-4-12-9(2)14(8-13(12)19)21-18-16-11-6-5-10(7-11)15(16)17(20)22-18/h3,11,14,16,18H,1,4-8H2,2H3/t11?,14-,16?,18?/m0/s1. The summed E-state index contributed by atoms with van der Waals surface area (Å²) in [5.74, 6) is 0.487. The molecule has 1 heterocycles. The van der Waals surface area contributed by atoms with Crippen molar-refractivity contribution in [2.45, 2.75) is 51.4 Å². The van der Waals surface area contributed by atoms with Crippen molar-refractivity contribution in [3.8, 4) is 0 Å². The van der Waals surface area contributed by atoms with Crippen LogP contribution in [0, 0.1) is 11.8 Å². The van der Waals surface area contributed by atoms with Gasteiger partial charge in [0, 0.05) is 17.6 Å². The molecule has 3 aliphatic carbocycles. The van der Waals surface area contributed by atoms with E-state index in [9.17, 15) is 9.59 Å². The third-order valence-electron chi connectivity index (χ3n) is 5.60. The molecule has 116 valence electrons. The fraction of sp³-hybridized carbons (Fsp3) is 0.556. The van der Waals surface area contributed by atoms with Gasteiger partial charge >= 0.3 is 5.97 Å². The molecule has 2 fully saturated rings. The zero-order valence-electron chi connectivity index (χ0n) is 12.8. The Labute approximate surface area is 129 Å². The lowest BCUT2D eigenvalue weighted by molar-refractivity contribution is -0.178. The van der Waals surface area contributed by atoms with E-state index in [1.165, 1.54) is 5.57 Å². The minimum absolute atomic E-state index is 0.0857. The minimum Gasteiger partial charge on any atom is -0.432 e. The average Bonchev–Trinajstić information content (AvgIpc) is 3.21. The van der Waals surface area contributed by atoms with Gasteiger partial charge in [0.05, 0.1) is 12.0 Å². The van der Waals surface area contributed by atoms with Crippen LogP contribution in [-0.4, -0.2) is 24.1 Å². The Morgan fingerprint density at radius 3 is 2.95 bits per heavy atom. The number of fused-ring (bicyclic) bond motifs is 4. The Hall–Kier alpha value is -1.68. The molecule has 0 aromatic carbocycles. The van der Waals surface area contributed by atoms with Crippen molar-refractivity contribution >= 4 is 11.8 Å². The second kappa shape index (κ2) is 4.92. The van der Waals surface area contributed by atoms with E-state index in [1.54, 1.807) is 6.08 Å². The highest BCUT2D eigenvalue weighted by molar-refractivity contribution is 5.99. The van der Waals surface area contributed by atoms with E-state index in [0.717, 1.165) is 36.0 Å². The van der Waals surface area contributed by atoms with E-state index in [1.807, 2.05) is 6.92 Å². The zero-order valence-corrected chi connectivity index (χ0v) is 12.8. The highest BCUT2D eigenvalue weighted by Crippen LogP contribution is 2.54. The van der Waals surface area contributed by atoms with Crippen molar-refractivity contribution < 1.29 is 19.1 Å².